The van der Waals surface area contributed by atoms with E-state index in [0.29, 0.717) is 27.6 Å². The lowest BCUT2D eigenvalue weighted by Crippen LogP contribution is -2.26. The molecule has 1 atom stereocenters. The van der Waals surface area contributed by atoms with Gasteiger partial charge in [0.25, 0.3) is 0 Å². The van der Waals surface area contributed by atoms with Crippen LogP contribution in [-0.4, -0.2) is 0 Å². The summed E-state index contributed by atoms with van der Waals surface area (Å²) < 4.78 is 12.6. The summed E-state index contributed by atoms with van der Waals surface area (Å²) in [4.78, 5) is 13.3. The molecule has 2 heterocycles. The van der Waals surface area contributed by atoms with Gasteiger partial charge < -0.3 is 15.2 Å². The van der Waals surface area contributed by atoms with E-state index in [-0.39, 0.29) is 22.8 Å². The van der Waals surface area contributed by atoms with E-state index in [2.05, 4.69) is 6.07 Å². The average molecular weight is 473 g/mol. The first kappa shape index (κ1) is 21.1. The lowest BCUT2D eigenvalue weighted by Gasteiger charge is -2.27. The molecule has 0 radical (unpaired) electrons. The predicted molar refractivity (Wildman–Crippen MR) is 130 cm³/mol. The Bertz CT molecular complexity index is 1520. The second-order valence-electron chi connectivity index (χ2n) is 7.47. The van der Waals surface area contributed by atoms with Gasteiger partial charge in [-0.3, -0.25) is 4.79 Å². The number of fused-ring (bicyclic) bond motifs is 3. The van der Waals surface area contributed by atoms with Crippen molar-refractivity contribution in [1.29, 1.82) is 5.26 Å². The van der Waals surface area contributed by atoms with Gasteiger partial charge in [0.2, 0.25) is 10.6 Å². The number of rotatable bonds is 4. The first-order valence-electron chi connectivity index (χ1n) is 10.2. The smallest absolute Gasteiger partial charge is 0.240 e. The molecular weight excluding hydrogens is 456 g/mol. The maximum atomic E-state index is 13.3. The van der Waals surface area contributed by atoms with Crippen LogP contribution in [0.15, 0.2) is 89.0 Å². The van der Waals surface area contributed by atoms with Crippen LogP contribution >= 0.6 is 22.9 Å². The minimum Gasteiger partial charge on any atom is -0.489 e. The molecule has 3 aromatic carbocycles. The summed E-state index contributed by atoms with van der Waals surface area (Å²) >= 11 is 7.40. The van der Waals surface area contributed by atoms with Gasteiger partial charge in [-0.1, -0.05) is 71.5 Å². The third-order valence-electron chi connectivity index (χ3n) is 5.55. The molecule has 0 amide bonds. The van der Waals surface area contributed by atoms with Crippen LogP contribution < -0.4 is 19.9 Å². The van der Waals surface area contributed by atoms with Gasteiger partial charge in [-0.15, -0.1) is 0 Å². The predicted octanol–water partition coefficient (Wildman–Crippen LogP) is 5.71. The molecular formula is C26H17ClN2O3S. The molecule has 2 N–H and O–H groups in total. The summed E-state index contributed by atoms with van der Waals surface area (Å²) in [6.07, 6.45) is 0. The van der Waals surface area contributed by atoms with Gasteiger partial charge in [0.15, 0.2) is 0 Å². The Balaban J connectivity index is 1.67. The van der Waals surface area contributed by atoms with E-state index in [1.807, 2.05) is 60.7 Å². The Hall–Kier alpha value is -3.79. The largest absolute Gasteiger partial charge is 0.489 e. The van der Waals surface area contributed by atoms with Crippen LogP contribution in [0.5, 0.6) is 11.5 Å². The average Bonchev–Trinajstić information content (AvgIpc) is 2.83. The Morgan fingerprint density at radius 2 is 1.79 bits per heavy atom. The summed E-state index contributed by atoms with van der Waals surface area (Å²) in [5, 5.41) is 11.3. The highest BCUT2D eigenvalue weighted by Crippen LogP contribution is 2.46. The molecule has 0 unspecified atom stereocenters. The zero-order valence-corrected chi connectivity index (χ0v) is 18.8. The van der Waals surface area contributed by atoms with Crippen molar-refractivity contribution in [1.82, 2.24) is 0 Å². The van der Waals surface area contributed by atoms with Crippen molar-refractivity contribution in [3.05, 3.63) is 116 Å². The van der Waals surface area contributed by atoms with E-state index < -0.39 is 5.92 Å². The van der Waals surface area contributed by atoms with E-state index in [1.54, 1.807) is 12.1 Å². The SMILES string of the molecule is N#CC1=C(N)Oc2c(c(=O)sc3ccccc23)[C@H]1c1ccccc1OCc1ccccc1Cl. The van der Waals surface area contributed by atoms with Gasteiger partial charge >= 0.3 is 0 Å². The molecule has 0 saturated carbocycles. The highest BCUT2D eigenvalue weighted by atomic mass is 35.5. The number of ether oxygens (including phenoxy) is 2. The van der Waals surface area contributed by atoms with Crippen LogP contribution in [0.25, 0.3) is 10.1 Å². The molecule has 0 saturated heterocycles. The topological polar surface area (TPSA) is 85.3 Å². The Morgan fingerprint density at radius 3 is 2.61 bits per heavy atom. The van der Waals surface area contributed by atoms with Crippen LogP contribution in [0.2, 0.25) is 5.02 Å². The number of halogens is 1. The number of nitrogens with two attached hydrogens (primary N) is 1. The molecule has 1 aliphatic heterocycles. The van der Waals surface area contributed by atoms with Gasteiger partial charge in [0, 0.05) is 26.2 Å². The Kier molecular flexibility index (Phi) is 5.51. The second-order valence-corrected chi connectivity index (χ2v) is 8.89. The van der Waals surface area contributed by atoms with Crippen LogP contribution in [0.4, 0.5) is 0 Å². The molecule has 0 bridgehead atoms. The fraction of sp³-hybridized carbons (Fsp3) is 0.0769. The molecule has 1 aromatic heterocycles. The summed E-state index contributed by atoms with van der Waals surface area (Å²) in [5.41, 5.74) is 8.24. The number of benzene rings is 3. The van der Waals surface area contributed by atoms with Crippen molar-refractivity contribution >= 4 is 33.0 Å². The fourth-order valence-electron chi connectivity index (χ4n) is 4.00. The molecule has 5 rings (SSSR count). The zero-order chi connectivity index (χ0) is 22.9. The zero-order valence-electron chi connectivity index (χ0n) is 17.2. The lowest BCUT2D eigenvalue weighted by molar-refractivity contribution is 0.302. The molecule has 0 spiro atoms. The van der Waals surface area contributed by atoms with Crippen molar-refractivity contribution in [2.45, 2.75) is 12.5 Å². The first-order chi connectivity index (χ1) is 16.1. The van der Waals surface area contributed by atoms with Gasteiger partial charge in [-0.25, -0.2) is 0 Å². The third kappa shape index (κ3) is 3.72. The van der Waals surface area contributed by atoms with Crippen molar-refractivity contribution in [3.63, 3.8) is 0 Å². The van der Waals surface area contributed by atoms with Crippen LogP contribution in [0.1, 0.15) is 22.6 Å². The van der Waals surface area contributed by atoms with Crippen LogP contribution in [0.3, 0.4) is 0 Å². The maximum Gasteiger partial charge on any atom is 0.240 e. The summed E-state index contributed by atoms with van der Waals surface area (Å²) in [6, 6.07) is 24.4. The van der Waals surface area contributed by atoms with Crippen molar-refractivity contribution in [2.75, 3.05) is 0 Å². The van der Waals surface area contributed by atoms with Crippen molar-refractivity contribution < 1.29 is 9.47 Å². The molecule has 162 valence electrons. The summed E-state index contributed by atoms with van der Waals surface area (Å²) in [5.74, 6) is 0.191. The fourth-order valence-corrected chi connectivity index (χ4v) is 5.13. The molecule has 0 fully saturated rings. The quantitative estimate of drug-likeness (QED) is 0.411. The number of hydrogen-bond donors (Lipinski definition) is 1. The van der Waals surface area contributed by atoms with E-state index >= 15 is 0 Å². The van der Waals surface area contributed by atoms with E-state index in [0.717, 1.165) is 27.0 Å². The van der Waals surface area contributed by atoms with Gasteiger partial charge in [0.05, 0.1) is 11.5 Å². The molecule has 0 aliphatic carbocycles. The lowest BCUT2D eigenvalue weighted by atomic mass is 9.84. The number of para-hydroxylation sites is 1. The second kappa shape index (κ2) is 8.62. The summed E-state index contributed by atoms with van der Waals surface area (Å²) in [7, 11) is 0. The standard InChI is InChI=1S/C26H17ClN2O3S/c27-19-10-4-1-7-15(19)14-31-20-11-5-2-8-16(20)22-18(13-28)25(29)32-24-17-9-3-6-12-21(17)33-26(30)23(22)24/h1-12,22H,14,29H2/t22-/m0/s1. The van der Waals surface area contributed by atoms with Gasteiger partial charge in [-0.2, -0.15) is 5.26 Å². The maximum absolute atomic E-state index is 13.3. The molecule has 1 aliphatic rings. The minimum absolute atomic E-state index is 0.0170. The number of nitrogens with zero attached hydrogens (tertiary/aromatic N) is 1. The van der Waals surface area contributed by atoms with E-state index in [4.69, 9.17) is 26.8 Å². The van der Waals surface area contributed by atoms with Crippen LogP contribution in [0, 0.1) is 11.3 Å². The summed E-state index contributed by atoms with van der Waals surface area (Å²) in [6.45, 7) is 0.235. The number of nitriles is 1. The van der Waals surface area contributed by atoms with E-state index in [9.17, 15) is 10.1 Å². The highest BCUT2D eigenvalue weighted by molar-refractivity contribution is 7.16. The van der Waals surface area contributed by atoms with Gasteiger partial charge in [0.1, 0.15) is 29.7 Å². The molecule has 33 heavy (non-hydrogen) atoms. The first-order valence-corrected chi connectivity index (χ1v) is 11.4. The van der Waals surface area contributed by atoms with Gasteiger partial charge in [-0.05, 0) is 24.3 Å². The van der Waals surface area contributed by atoms with E-state index in [1.165, 1.54) is 0 Å². The molecule has 7 heteroatoms. The number of hydrogen-bond acceptors (Lipinski definition) is 6. The third-order valence-corrected chi connectivity index (χ3v) is 6.90. The molecule has 5 nitrogen and oxygen atoms in total. The normalized spacial score (nSPS) is 15.0. The minimum atomic E-state index is -0.713. The Labute approximate surface area is 198 Å². The van der Waals surface area contributed by atoms with Crippen molar-refractivity contribution in [2.24, 2.45) is 5.73 Å². The monoisotopic (exact) mass is 472 g/mol. The number of allylic oxidation sites excluding steroid dienone is 1. The highest BCUT2D eigenvalue weighted by Gasteiger charge is 2.36. The Morgan fingerprint density at radius 1 is 1.06 bits per heavy atom. The molecule has 4 aromatic rings. The van der Waals surface area contributed by atoms with Crippen LogP contribution in [-0.2, 0) is 6.61 Å². The van der Waals surface area contributed by atoms with Crippen molar-refractivity contribution in [3.8, 4) is 17.6 Å².